The molecule has 4 aromatic rings. The molecule has 0 saturated carbocycles. The minimum absolute atomic E-state index is 0.227. The fourth-order valence-electron chi connectivity index (χ4n) is 3.49. The molecule has 31 heavy (non-hydrogen) atoms. The van der Waals surface area contributed by atoms with Gasteiger partial charge in [-0.2, -0.15) is 10.2 Å². The zero-order valence-corrected chi connectivity index (χ0v) is 17.6. The van der Waals surface area contributed by atoms with Gasteiger partial charge in [0.2, 0.25) is 5.91 Å². The largest absolute Gasteiger partial charge is 0.492 e. The summed E-state index contributed by atoms with van der Waals surface area (Å²) >= 11 is 0. The van der Waals surface area contributed by atoms with Gasteiger partial charge in [0.1, 0.15) is 17.8 Å². The quantitative estimate of drug-likeness (QED) is 0.520. The van der Waals surface area contributed by atoms with Crippen molar-refractivity contribution >= 4 is 22.5 Å². The van der Waals surface area contributed by atoms with Gasteiger partial charge >= 0.3 is 0 Å². The maximum Gasteiger partial charge on any atom is 0.293 e. The highest BCUT2D eigenvalue weighted by Crippen LogP contribution is 2.24. The van der Waals surface area contributed by atoms with E-state index in [9.17, 15) is 9.59 Å². The first-order valence-electron chi connectivity index (χ1n) is 10.0. The number of hydrogen-bond donors (Lipinski definition) is 1. The second-order valence-corrected chi connectivity index (χ2v) is 7.13. The number of fused-ring (bicyclic) bond motifs is 1. The maximum absolute atomic E-state index is 13.2. The highest BCUT2D eigenvalue weighted by atomic mass is 16.5. The van der Waals surface area contributed by atoms with Crippen molar-refractivity contribution in [1.29, 1.82) is 0 Å². The summed E-state index contributed by atoms with van der Waals surface area (Å²) < 4.78 is 8.33. The molecule has 0 atom stereocenters. The van der Waals surface area contributed by atoms with Crippen LogP contribution in [0.4, 0.5) is 5.69 Å². The van der Waals surface area contributed by atoms with Crippen molar-refractivity contribution in [3.8, 4) is 11.4 Å². The Kier molecular flexibility index (Phi) is 5.53. The molecule has 8 heteroatoms. The Balaban J connectivity index is 1.70. The van der Waals surface area contributed by atoms with Crippen LogP contribution in [0.3, 0.4) is 0 Å². The summed E-state index contributed by atoms with van der Waals surface area (Å²) in [5.74, 6) is 0.199. The van der Waals surface area contributed by atoms with Gasteiger partial charge < -0.3 is 10.1 Å². The molecule has 4 rings (SSSR count). The number of anilines is 1. The lowest BCUT2D eigenvalue weighted by Gasteiger charge is -2.12. The summed E-state index contributed by atoms with van der Waals surface area (Å²) in [6.45, 7) is 5.88. The van der Waals surface area contributed by atoms with Gasteiger partial charge in [0.05, 0.1) is 29.9 Å². The van der Waals surface area contributed by atoms with Crippen LogP contribution in [0.5, 0.6) is 5.75 Å². The van der Waals surface area contributed by atoms with Gasteiger partial charge in [0, 0.05) is 5.39 Å². The highest BCUT2D eigenvalue weighted by Gasteiger charge is 2.18. The van der Waals surface area contributed by atoms with Crippen LogP contribution in [0.2, 0.25) is 0 Å². The molecule has 0 fully saturated rings. The number of rotatable bonds is 6. The van der Waals surface area contributed by atoms with Crippen molar-refractivity contribution in [2.24, 2.45) is 0 Å². The maximum atomic E-state index is 13.2. The molecule has 1 N–H and O–H groups in total. The third-order valence-electron chi connectivity index (χ3n) is 4.96. The van der Waals surface area contributed by atoms with Gasteiger partial charge in [0.15, 0.2) is 0 Å². The predicted molar refractivity (Wildman–Crippen MR) is 119 cm³/mol. The number of aryl methyl sites for hydroxylation is 2. The van der Waals surface area contributed by atoms with Crippen molar-refractivity contribution in [2.75, 3.05) is 11.9 Å². The van der Waals surface area contributed by atoms with E-state index < -0.39 is 0 Å². The normalized spacial score (nSPS) is 10.9. The Morgan fingerprint density at radius 3 is 2.61 bits per heavy atom. The number of aromatic nitrogens is 4. The van der Waals surface area contributed by atoms with E-state index in [1.54, 1.807) is 36.0 Å². The van der Waals surface area contributed by atoms with Gasteiger partial charge in [-0.15, -0.1) is 0 Å². The van der Waals surface area contributed by atoms with Crippen molar-refractivity contribution in [3.63, 3.8) is 0 Å². The molecule has 8 nitrogen and oxygen atoms in total. The summed E-state index contributed by atoms with van der Waals surface area (Å²) in [6, 6.07) is 14.8. The molecule has 2 aromatic carbocycles. The fraction of sp³-hybridized carbons (Fsp3) is 0.217. The molecule has 0 aliphatic rings. The Hall–Kier alpha value is -3.94. The molecule has 0 bridgehead atoms. The number of nitrogens with zero attached hydrogens (tertiary/aromatic N) is 4. The zero-order valence-electron chi connectivity index (χ0n) is 17.6. The SMILES string of the molecule is CCOc1ccccc1NC(=O)Cn1nc(C)c2cnn(-c3ccccc3C)c2c1=O. The van der Waals surface area contributed by atoms with Crippen LogP contribution in [0.1, 0.15) is 18.2 Å². The standard InChI is InChI=1S/C23H23N5O3/c1-4-31-20-12-8-6-10-18(20)25-21(29)14-27-23(30)22-17(16(3)26-27)13-24-28(22)19-11-7-5-9-15(19)2/h5-13H,4,14H2,1-3H3,(H,25,29). The number of ether oxygens (including phenoxy) is 1. The number of hydrogen-bond acceptors (Lipinski definition) is 5. The van der Waals surface area contributed by atoms with Crippen LogP contribution < -0.4 is 15.6 Å². The Morgan fingerprint density at radius 1 is 1.10 bits per heavy atom. The number of nitrogens with one attached hydrogen (secondary N) is 1. The van der Waals surface area contributed by atoms with E-state index in [2.05, 4.69) is 15.5 Å². The van der Waals surface area contributed by atoms with Crippen molar-refractivity contribution in [3.05, 3.63) is 76.3 Å². The summed E-state index contributed by atoms with van der Waals surface area (Å²) in [4.78, 5) is 25.9. The number of carbonyl (C=O) groups excluding carboxylic acids is 1. The van der Waals surface area contributed by atoms with E-state index in [4.69, 9.17) is 4.74 Å². The Morgan fingerprint density at radius 2 is 1.84 bits per heavy atom. The van der Waals surface area contributed by atoms with E-state index in [-0.39, 0.29) is 18.0 Å². The molecular formula is C23H23N5O3. The van der Waals surface area contributed by atoms with Crippen LogP contribution in [0, 0.1) is 13.8 Å². The monoisotopic (exact) mass is 417 g/mol. The first kappa shape index (κ1) is 20.3. The van der Waals surface area contributed by atoms with E-state index in [0.717, 1.165) is 11.3 Å². The number of amides is 1. The average Bonchev–Trinajstić information content (AvgIpc) is 3.19. The van der Waals surface area contributed by atoms with E-state index >= 15 is 0 Å². The molecule has 0 radical (unpaired) electrons. The minimum atomic E-state index is -0.380. The lowest BCUT2D eigenvalue weighted by Crippen LogP contribution is -2.31. The first-order chi connectivity index (χ1) is 15.0. The average molecular weight is 417 g/mol. The second kappa shape index (κ2) is 8.43. The summed E-state index contributed by atoms with van der Waals surface area (Å²) in [5.41, 5.74) is 2.97. The molecule has 0 saturated heterocycles. The van der Waals surface area contributed by atoms with Gasteiger partial charge in [-0.25, -0.2) is 9.36 Å². The number of benzene rings is 2. The number of para-hydroxylation sites is 3. The van der Waals surface area contributed by atoms with Crippen molar-refractivity contribution in [2.45, 2.75) is 27.3 Å². The smallest absolute Gasteiger partial charge is 0.293 e. The van der Waals surface area contributed by atoms with Gasteiger partial charge in [0.25, 0.3) is 5.56 Å². The van der Waals surface area contributed by atoms with Crippen LogP contribution in [-0.4, -0.2) is 32.1 Å². The summed E-state index contributed by atoms with van der Waals surface area (Å²) in [6.07, 6.45) is 1.63. The molecule has 1 amide bonds. The molecule has 2 aromatic heterocycles. The lowest BCUT2D eigenvalue weighted by atomic mass is 10.2. The third kappa shape index (κ3) is 3.92. The van der Waals surface area contributed by atoms with Crippen molar-refractivity contribution in [1.82, 2.24) is 19.6 Å². The number of carbonyl (C=O) groups is 1. The topological polar surface area (TPSA) is 91.0 Å². The lowest BCUT2D eigenvalue weighted by molar-refractivity contribution is -0.117. The molecule has 0 unspecified atom stereocenters. The Labute approximate surface area is 179 Å². The summed E-state index contributed by atoms with van der Waals surface area (Å²) in [5, 5.41) is 12.2. The van der Waals surface area contributed by atoms with Crippen LogP contribution in [0.25, 0.3) is 16.6 Å². The van der Waals surface area contributed by atoms with Crippen molar-refractivity contribution < 1.29 is 9.53 Å². The third-order valence-corrected chi connectivity index (χ3v) is 4.96. The van der Waals surface area contributed by atoms with Crippen LogP contribution >= 0.6 is 0 Å². The van der Waals surface area contributed by atoms with Crippen LogP contribution in [0.15, 0.2) is 59.5 Å². The second-order valence-electron chi connectivity index (χ2n) is 7.13. The molecule has 0 aliphatic carbocycles. The fourth-order valence-corrected chi connectivity index (χ4v) is 3.49. The van der Waals surface area contributed by atoms with Gasteiger partial charge in [-0.1, -0.05) is 30.3 Å². The molecule has 0 aliphatic heterocycles. The molecule has 158 valence electrons. The van der Waals surface area contributed by atoms with E-state index in [1.165, 1.54) is 4.68 Å². The van der Waals surface area contributed by atoms with Gasteiger partial charge in [-0.05, 0) is 44.5 Å². The Bertz CT molecular complexity index is 1320. The minimum Gasteiger partial charge on any atom is -0.492 e. The predicted octanol–water partition coefficient (Wildman–Crippen LogP) is 3.24. The van der Waals surface area contributed by atoms with Crippen LogP contribution in [-0.2, 0) is 11.3 Å². The summed E-state index contributed by atoms with van der Waals surface area (Å²) in [7, 11) is 0. The van der Waals surface area contributed by atoms with E-state index in [1.807, 2.05) is 44.2 Å². The first-order valence-corrected chi connectivity index (χ1v) is 10.0. The molecule has 2 heterocycles. The zero-order chi connectivity index (χ0) is 22.0. The highest BCUT2D eigenvalue weighted by molar-refractivity contribution is 5.92. The molecular weight excluding hydrogens is 394 g/mol. The van der Waals surface area contributed by atoms with Gasteiger partial charge in [-0.3, -0.25) is 9.59 Å². The van der Waals surface area contributed by atoms with E-state index in [0.29, 0.717) is 34.6 Å². The molecule has 0 spiro atoms.